The summed E-state index contributed by atoms with van der Waals surface area (Å²) in [5.74, 6) is 0. The van der Waals surface area contributed by atoms with Crippen molar-refractivity contribution in [2.45, 2.75) is 31.3 Å². The second-order valence-corrected chi connectivity index (χ2v) is 8.93. The first-order valence-electron chi connectivity index (χ1n) is 9.75. The van der Waals surface area contributed by atoms with E-state index in [2.05, 4.69) is 57.7 Å². The number of thiazole rings is 1. The summed E-state index contributed by atoms with van der Waals surface area (Å²) in [5.41, 5.74) is 3.75. The normalized spacial score (nSPS) is 21.5. The Labute approximate surface area is 174 Å². The molecule has 28 heavy (non-hydrogen) atoms. The molecule has 0 spiro atoms. The van der Waals surface area contributed by atoms with E-state index in [9.17, 15) is 0 Å². The van der Waals surface area contributed by atoms with Gasteiger partial charge in [0.25, 0.3) is 0 Å². The Morgan fingerprint density at radius 2 is 1.93 bits per heavy atom. The summed E-state index contributed by atoms with van der Waals surface area (Å²) in [7, 11) is 0. The van der Waals surface area contributed by atoms with Gasteiger partial charge in [0.15, 0.2) is 5.13 Å². The highest BCUT2D eigenvalue weighted by atomic mass is 35.5. The topological polar surface area (TPSA) is 28.2 Å². The monoisotopic (exact) mass is 407 g/mol. The average Bonchev–Trinajstić information content (AvgIpc) is 3.41. The van der Waals surface area contributed by atoms with Gasteiger partial charge in [0.2, 0.25) is 0 Å². The highest BCUT2D eigenvalue weighted by Gasteiger charge is 2.38. The van der Waals surface area contributed by atoms with Crippen LogP contribution in [-0.2, 0) is 6.42 Å². The summed E-state index contributed by atoms with van der Waals surface area (Å²) < 4.78 is 0. The van der Waals surface area contributed by atoms with Crippen LogP contribution in [0.15, 0.2) is 72.6 Å². The Morgan fingerprint density at radius 1 is 1.11 bits per heavy atom. The van der Waals surface area contributed by atoms with Gasteiger partial charge in [-0.1, -0.05) is 60.1 Å². The highest BCUT2D eigenvalue weighted by molar-refractivity contribution is 7.15. The van der Waals surface area contributed by atoms with Gasteiger partial charge in [0.1, 0.15) is 0 Å². The SMILES string of the molecule is Clc1ccccc1Cc1cnc(NC2=CC3CCCN3C2c2ccccc2)s1. The zero-order valence-electron chi connectivity index (χ0n) is 15.5. The van der Waals surface area contributed by atoms with E-state index in [1.807, 2.05) is 24.4 Å². The van der Waals surface area contributed by atoms with Gasteiger partial charge in [0, 0.05) is 34.3 Å². The van der Waals surface area contributed by atoms with Crippen molar-refractivity contribution in [3.8, 4) is 0 Å². The van der Waals surface area contributed by atoms with Crippen molar-refractivity contribution in [3.05, 3.63) is 93.6 Å². The fourth-order valence-electron chi connectivity index (χ4n) is 4.31. The average molecular weight is 408 g/mol. The molecule has 0 aliphatic carbocycles. The number of hydrogen-bond donors (Lipinski definition) is 1. The summed E-state index contributed by atoms with van der Waals surface area (Å²) in [6.45, 7) is 1.15. The van der Waals surface area contributed by atoms with Gasteiger partial charge in [-0.05, 0) is 42.7 Å². The summed E-state index contributed by atoms with van der Waals surface area (Å²) in [6.07, 6.45) is 7.69. The molecule has 1 aromatic heterocycles. The van der Waals surface area contributed by atoms with Crippen LogP contribution in [-0.4, -0.2) is 22.5 Å². The maximum absolute atomic E-state index is 6.31. The molecule has 0 bridgehead atoms. The van der Waals surface area contributed by atoms with E-state index in [-0.39, 0.29) is 0 Å². The minimum Gasteiger partial charge on any atom is -0.334 e. The zero-order valence-corrected chi connectivity index (χ0v) is 17.1. The fraction of sp³-hybridized carbons (Fsp3) is 0.261. The molecule has 1 saturated heterocycles. The molecule has 2 aromatic carbocycles. The lowest BCUT2D eigenvalue weighted by molar-refractivity contribution is 0.261. The largest absolute Gasteiger partial charge is 0.334 e. The Hall–Kier alpha value is -2.14. The van der Waals surface area contributed by atoms with Crippen LogP contribution in [0.4, 0.5) is 5.13 Å². The van der Waals surface area contributed by atoms with Crippen LogP contribution in [0, 0.1) is 0 Å². The third kappa shape index (κ3) is 3.48. The molecular formula is C23H22ClN3S. The van der Waals surface area contributed by atoms with Gasteiger partial charge >= 0.3 is 0 Å². The number of fused-ring (bicyclic) bond motifs is 1. The number of hydrogen-bond acceptors (Lipinski definition) is 4. The lowest BCUT2D eigenvalue weighted by Crippen LogP contribution is -2.28. The molecule has 0 saturated carbocycles. The van der Waals surface area contributed by atoms with Crippen molar-refractivity contribution in [2.75, 3.05) is 11.9 Å². The number of rotatable bonds is 5. The molecule has 2 aliphatic heterocycles. The third-order valence-corrected chi connectivity index (χ3v) is 6.86. The van der Waals surface area contributed by atoms with Crippen molar-refractivity contribution >= 4 is 28.1 Å². The van der Waals surface area contributed by atoms with Crippen LogP contribution >= 0.6 is 22.9 Å². The summed E-state index contributed by atoms with van der Waals surface area (Å²) in [4.78, 5) is 8.45. The van der Waals surface area contributed by atoms with Gasteiger partial charge in [-0.3, -0.25) is 4.90 Å². The molecule has 2 atom stereocenters. The van der Waals surface area contributed by atoms with Crippen LogP contribution in [0.1, 0.15) is 34.9 Å². The summed E-state index contributed by atoms with van der Waals surface area (Å²) >= 11 is 8.02. The highest BCUT2D eigenvalue weighted by Crippen LogP contribution is 2.41. The smallest absolute Gasteiger partial charge is 0.187 e. The number of aromatic nitrogens is 1. The Morgan fingerprint density at radius 3 is 2.79 bits per heavy atom. The predicted octanol–water partition coefficient (Wildman–Crippen LogP) is 5.90. The minimum absolute atomic E-state index is 0.296. The first kappa shape index (κ1) is 17.9. The predicted molar refractivity (Wildman–Crippen MR) is 117 cm³/mol. The molecule has 1 fully saturated rings. The van der Waals surface area contributed by atoms with Gasteiger partial charge in [-0.25, -0.2) is 4.98 Å². The van der Waals surface area contributed by atoms with E-state index in [4.69, 9.17) is 11.6 Å². The van der Waals surface area contributed by atoms with E-state index < -0.39 is 0 Å². The second kappa shape index (κ2) is 7.70. The lowest BCUT2D eigenvalue weighted by Gasteiger charge is -2.27. The number of halogens is 1. The zero-order chi connectivity index (χ0) is 18.9. The van der Waals surface area contributed by atoms with E-state index in [1.165, 1.54) is 29.0 Å². The Kier molecular flexibility index (Phi) is 4.93. The molecule has 3 heterocycles. The summed E-state index contributed by atoms with van der Waals surface area (Å²) in [6, 6.07) is 19.6. The molecule has 0 radical (unpaired) electrons. The van der Waals surface area contributed by atoms with E-state index in [1.54, 1.807) is 11.3 Å². The third-order valence-electron chi connectivity index (χ3n) is 5.58. The van der Waals surface area contributed by atoms with Crippen molar-refractivity contribution in [1.29, 1.82) is 0 Å². The van der Waals surface area contributed by atoms with Gasteiger partial charge < -0.3 is 5.32 Å². The van der Waals surface area contributed by atoms with Crippen LogP contribution in [0.25, 0.3) is 0 Å². The second-order valence-electron chi connectivity index (χ2n) is 7.41. The number of benzene rings is 2. The Bertz CT molecular complexity index is 998. The molecule has 3 nitrogen and oxygen atoms in total. The van der Waals surface area contributed by atoms with Gasteiger partial charge in [-0.2, -0.15) is 0 Å². The summed E-state index contributed by atoms with van der Waals surface area (Å²) in [5, 5.41) is 5.40. The van der Waals surface area contributed by atoms with Crippen LogP contribution in [0.5, 0.6) is 0 Å². The van der Waals surface area contributed by atoms with E-state index in [0.29, 0.717) is 12.1 Å². The number of anilines is 1. The standard InChI is InChI=1S/C23H22ClN3S/c24-20-11-5-4-9-17(20)13-19-15-25-23(28-19)26-21-14-18-10-6-12-27(18)22(21)16-7-2-1-3-8-16/h1-5,7-9,11,14-15,18,22H,6,10,12-13H2,(H,25,26). The van der Waals surface area contributed by atoms with Crippen molar-refractivity contribution in [3.63, 3.8) is 0 Å². The van der Waals surface area contributed by atoms with Crippen molar-refractivity contribution in [2.24, 2.45) is 0 Å². The molecule has 0 amide bonds. The van der Waals surface area contributed by atoms with E-state index >= 15 is 0 Å². The van der Waals surface area contributed by atoms with Gasteiger partial charge in [-0.15, -0.1) is 11.3 Å². The maximum Gasteiger partial charge on any atom is 0.187 e. The first-order valence-corrected chi connectivity index (χ1v) is 10.9. The molecule has 1 N–H and O–H groups in total. The maximum atomic E-state index is 6.31. The van der Waals surface area contributed by atoms with Crippen LogP contribution in [0.2, 0.25) is 5.02 Å². The Balaban J connectivity index is 1.37. The molecular weight excluding hydrogens is 386 g/mol. The van der Waals surface area contributed by atoms with Crippen molar-refractivity contribution < 1.29 is 0 Å². The van der Waals surface area contributed by atoms with Gasteiger partial charge in [0.05, 0.1) is 6.04 Å². The lowest BCUT2D eigenvalue weighted by atomic mass is 10.0. The fourth-order valence-corrected chi connectivity index (χ4v) is 5.37. The molecule has 2 aliphatic rings. The quantitative estimate of drug-likeness (QED) is 0.570. The van der Waals surface area contributed by atoms with Crippen LogP contribution in [0.3, 0.4) is 0 Å². The number of nitrogens with one attached hydrogen (secondary N) is 1. The van der Waals surface area contributed by atoms with Crippen LogP contribution < -0.4 is 5.32 Å². The van der Waals surface area contributed by atoms with E-state index in [0.717, 1.165) is 28.7 Å². The van der Waals surface area contributed by atoms with Crippen molar-refractivity contribution in [1.82, 2.24) is 9.88 Å². The number of nitrogens with zero attached hydrogens (tertiary/aromatic N) is 2. The molecule has 5 heteroatoms. The molecule has 142 valence electrons. The molecule has 5 rings (SSSR count). The first-order chi connectivity index (χ1) is 13.8. The molecule has 3 aromatic rings. The molecule has 2 unspecified atom stereocenters. The minimum atomic E-state index is 0.296.